The number of aromatic nitrogens is 2. The molecule has 2 aromatic rings. The number of anilines is 1. The average molecular weight is 332 g/mol. The highest BCUT2D eigenvalue weighted by atomic mass is 35.5. The largest absolute Gasteiger partial charge is 0.481 e. The van der Waals surface area contributed by atoms with Crippen LogP contribution in [0.3, 0.4) is 0 Å². The van der Waals surface area contributed by atoms with Crippen molar-refractivity contribution < 1.29 is 9.90 Å². The zero-order valence-corrected chi connectivity index (χ0v) is 13.4. The number of halogens is 1. The Balaban J connectivity index is 1.87. The molecule has 1 atom stereocenters. The minimum absolute atomic E-state index is 0.424. The maximum atomic E-state index is 12.0. The summed E-state index contributed by atoms with van der Waals surface area (Å²) in [6, 6.07) is 7.42. The van der Waals surface area contributed by atoms with Gasteiger partial charge in [-0.1, -0.05) is 23.7 Å². The third-order valence-electron chi connectivity index (χ3n) is 4.34. The Morgan fingerprint density at radius 3 is 2.96 bits per heavy atom. The predicted molar refractivity (Wildman–Crippen MR) is 88.7 cm³/mol. The van der Waals surface area contributed by atoms with E-state index in [4.69, 9.17) is 11.6 Å². The number of hydrogen-bond donors (Lipinski definition) is 1. The molecular formula is C17H18ClN3O2. The lowest BCUT2D eigenvalue weighted by Gasteiger charge is -2.40. The summed E-state index contributed by atoms with van der Waals surface area (Å²) in [7, 11) is 0. The molecule has 5 nitrogen and oxygen atoms in total. The quantitative estimate of drug-likeness (QED) is 0.932. The van der Waals surface area contributed by atoms with E-state index in [0.29, 0.717) is 24.4 Å². The Morgan fingerprint density at radius 2 is 2.26 bits per heavy atom. The number of carboxylic acid groups (broad SMARTS) is 1. The number of carboxylic acids is 1. The summed E-state index contributed by atoms with van der Waals surface area (Å²) >= 11 is 6.04. The van der Waals surface area contributed by atoms with Gasteiger partial charge in [-0.05, 0) is 37.0 Å². The Hall–Kier alpha value is -2.14. The summed E-state index contributed by atoms with van der Waals surface area (Å²) in [5.41, 5.74) is 0.112. The highest BCUT2D eigenvalue weighted by Gasteiger charge is 2.42. The normalized spacial score (nSPS) is 21.2. The van der Waals surface area contributed by atoms with Crippen LogP contribution < -0.4 is 4.90 Å². The van der Waals surface area contributed by atoms with Crippen molar-refractivity contribution in [1.82, 2.24) is 9.97 Å². The van der Waals surface area contributed by atoms with Crippen molar-refractivity contribution in [3.63, 3.8) is 0 Å². The molecule has 1 saturated heterocycles. The Labute approximate surface area is 139 Å². The van der Waals surface area contributed by atoms with Crippen LogP contribution in [0.5, 0.6) is 0 Å². The molecule has 120 valence electrons. The van der Waals surface area contributed by atoms with Gasteiger partial charge in [0, 0.05) is 30.5 Å². The van der Waals surface area contributed by atoms with E-state index in [1.165, 1.54) is 0 Å². The zero-order valence-electron chi connectivity index (χ0n) is 12.7. The van der Waals surface area contributed by atoms with Gasteiger partial charge in [-0.15, -0.1) is 0 Å². The predicted octanol–water partition coefficient (Wildman–Crippen LogP) is 3.04. The Bertz CT molecular complexity index is 695. The zero-order chi connectivity index (χ0) is 16.3. The summed E-state index contributed by atoms with van der Waals surface area (Å²) in [4.78, 5) is 22.4. The van der Waals surface area contributed by atoms with Gasteiger partial charge in [0.1, 0.15) is 5.82 Å². The number of aliphatic carboxylic acids is 1. The number of carbonyl (C=O) groups is 1. The van der Waals surface area contributed by atoms with Gasteiger partial charge in [-0.25, -0.2) is 4.98 Å². The molecule has 0 spiro atoms. The van der Waals surface area contributed by atoms with Crippen LogP contribution in [0.25, 0.3) is 0 Å². The molecule has 0 amide bonds. The van der Waals surface area contributed by atoms with Crippen LogP contribution in [-0.2, 0) is 11.2 Å². The second-order valence-electron chi connectivity index (χ2n) is 5.98. The Kier molecular flexibility index (Phi) is 4.48. The number of benzene rings is 1. The molecule has 2 heterocycles. The minimum Gasteiger partial charge on any atom is -0.481 e. The smallest absolute Gasteiger partial charge is 0.311 e. The van der Waals surface area contributed by atoms with Gasteiger partial charge in [-0.2, -0.15) is 0 Å². The fraction of sp³-hybridized carbons (Fsp3) is 0.353. The van der Waals surface area contributed by atoms with E-state index in [1.54, 1.807) is 24.7 Å². The van der Waals surface area contributed by atoms with E-state index in [2.05, 4.69) is 9.97 Å². The van der Waals surface area contributed by atoms with E-state index in [9.17, 15) is 9.90 Å². The van der Waals surface area contributed by atoms with Crippen LogP contribution in [0.15, 0.2) is 42.9 Å². The first kappa shape index (κ1) is 15.7. The molecule has 6 heteroatoms. The Morgan fingerprint density at radius 1 is 1.39 bits per heavy atom. The second kappa shape index (κ2) is 6.54. The van der Waals surface area contributed by atoms with E-state index in [-0.39, 0.29) is 0 Å². The molecule has 23 heavy (non-hydrogen) atoms. The summed E-state index contributed by atoms with van der Waals surface area (Å²) < 4.78 is 0. The van der Waals surface area contributed by atoms with Crippen LogP contribution >= 0.6 is 11.6 Å². The van der Waals surface area contributed by atoms with Gasteiger partial charge in [0.25, 0.3) is 0 Å². The van der Waals surface area contributed by atoms with E-state index < -0.39 is 11.4 Å². The molecule has 1 unspecified atom stereocenters. The second-order valence-corrected chi connectivity index (χ2v) is 6.42. The maximum absolute atomic E-state index is 12.0. The molecular weight excluding hydrogens is 314 g/mol. The number of hydrogen-bond acceptors (Lipinski definition) is 4. The third-order valence-corrected chi connectivity index (χ3v) is 4.57. The maximum Gasteiger partial charge on any atom is 0.311 e. The van der Waals surface area contributed by atoms with Crippen molar-refractivity contribution in [3.8, 4) is 0 Å². The van der Waals surface area contributed by atoms with Crippen LogP contribution in [0.2, 0.25) is 5.02 Å². The molecule has 1 N–H and O–H groups in total. The molecule has 1 aromatic carbocycles. The highest BCUT2D eigenvalue weighted by Crippen LogP contribution is 2.36. The van der Waals surface area contributed by atoms with Crippen molar-refractivity contribution in [2.24, 2.45) is 5.41 Å². The van der Waals surface area contributed by atoms with Gasteiger partial charge in [0.2, 0.25) is 0 Å². The lowest BCUT2D eigenvalue weighted by atomic mass is 9.75. The van der Waals surface area contributed by atoms with E-state index in [1.807, 2.05) is 23.1 Å². The molecule has 0 bridgehead atoms. The number of nitrogens with zero attached hydrogens (tertiary/aromatic N) is 3. The molecule has 1 aliphatic heterocycles. The molecule has 0 aliphatic carbocycles. The summed E-state index contributed by atoms with van der Waals surface area (Å²) in [6.07, 6.45) is 6.83. The van der Waals surface area contributed by atoms with Gasteiger partial charge >= 0.3 is 5.97 Å². The molecule has 1 aromatic heterocycles. The summed E-state index contributed by atoms with van der Waals surface area (Å²) in [5.74, 6) is -0.0463. The number of rotatable bonds is 4. The molecule has 0 saturated carbocycles. The van der Waals surface area contributed by atoms with E-state index >= 15 is 0 Å². The topological polar surface area (TPSA) is 66.3 Å². The van der Waals surface area contributed by atoms with Gasteiger partial charge < -0.3 is 10.0 Å². The molecule has 3 rings (SSSR count). The van der Waals surface area contributed by atoms with Gasteiger partial charge in [-0.3, -0.25) is 9.78 Å². The SMILES string of the molecule is O=C(O)C1(Cc2cccc(Cl)c2)CCCN(c2cnccn2)C1. The van der Waals surface area contributed by atoms with Crippen LogP contribution in [0, 0.1) is 5.41 Å². The molecule has 1 fully saturated rings. The fourth-order valence-corrected chi connectivity index (χ4v) is 3.43. The molecule has 0 radical (unpaired) electrons. The fourth-order valence-electron chi connectivity index (χ4n) is 3.21. The first-order valence-corrected chi connectivity index (χ1v) is 7.96. The van der Waals surface area contributed by atoms with Crippen molar-refractivity contribution in [2.75, 3.05) is 18.0 Å². The average Bonchev–Trinajstić information content (AvgIpc) is 2.56. The first-order chi connectivity index (χ1) is 11.1. The highest BCUT2D eigenvalue weighted by molar-refractivity contribution is 6.30. The minimum atomic E-state index is -0.833. The van der Waals surface area contributed by atoms with Gasteiger partial charge in [0.05, 0.1) is 11.6 Å². The van der Waals surface area contributed by atoms with E-state index in [0.717, 1.165) is 24.3 Å². The van der Waals surface area contributed by atoms with Crippen LogP contribution in [0.4, 0.5) is 5.82 Å². The third kappa shape index (κ3) is 3.45. The standard InChI is InChI=1S/C17H18ClN3O2/c18-14-4-1-3-13(9-14)10-17(16(22)23)5-2-8-21(12-17)15-11-19-6-7-20-15/h1,3-4,6-7,9,11H,2,5,8,10,12H2,(H,22,23). The summed E-state index contributed by atoms with van der Waals surface area (Å²) in [5, 5.41) is 10.5. The van der Waals surface area contributed by atoms with Crippen molar-refractivity contribution in [3.05, 3.63) is 53.4 Å². The van der Waals surface area contributed by atoms with Crippen molar-refractivity contribution in [1.29, 1.82) is 0 Å². The first-order valence-electron chi connectivity index (χ1n) is 7.58. The lowest BCUT2D eigenvalue weighted by molar-refractivity contribution is -0.149. The monoisotopic (exact) mass is 331 g/mol. The van der Waals surface area contributed by atoms with Crippen molar-refractivity contribution in [2.45, 2.75) is 19.3 Å². The number of piperidine rings is 1. The molecule has 1 aliphatic rings. The lowest BCUT2D eigenvalue weighted by Crippen LogP contribution is -2.49. The van der Waals surface area contributed by atoms with Crippen LogP contribution in [0.1, 0.15) is 18.4 Å². The van der Waals surface area contributed by atoms with Crippen LogP contribution in [-0.4, -0.2) is 34.1 Å². The van der Waals surface area contributed by atoms with Gasteiger partial charge in [0.15, 0.2) is 0 Å². The van der Waals surface area contributed by atoms with Crippen molar-refractivity contribution >= 4 is 23.4 Å². The summed E-state index contributed by atoms with van der Waals surface area (Å²) in [6.45, 7) is 1.22.